The summed E-state index contributed by atoms with van der Waals surface area (Å²) >= 11 is 0. The Hall–Kier alpha value is -0.660. The molecule has 0 saturated heterocycles. The van der Waals surface area contributed by atoms with Crippen LogP contribution in [0.4, 0.5) is 0 Å². The van der Waals surface area contributed by atoms with Crippen molar-refractivity contribution in [2.24, 2.45) is 0 Å². The first kappa shape index (κ1) is 13.3. The Kier molecular flexibility index (Phi) is 5.03. The minimum absolute atomic E-state index is 0.199. The molecule has 0 radical (unpaired) electrons. The second kappa shape index (κ2) is 5.28. The topological polar surface area (TPSA) is 77.9 Å². The van der Waals surface area contributed by atoms with Gasteiger partial charge in [0.1, 0.15) is 0 Å². The number of hydrogen-bond acceptors (Lipinski definition) is 4. The van der Waals surface area contributed by atoms with Crippen LogP contribution in [0.25, 0.3) is 0 Å². The van der Waals surface area contributed by atoms with Gasteiger partial charge in [0.15, 0.2) is 0 Å². The van der Waals surface area contributed by atoms with E-state index in [4.69, 9.17) is 5.11 Å². The van der Waals surface area contributed by atoms with Gasteiger partial charge in [0.2, 0.25) is 15.9 Å². The molecule has 0 saturated carbocycles. The van der Waals surface area contributed by atoms with Crippen molar-refractivity contribution in [3.05, 3.63) is 0 Å². The summed E-state index contributed by atoms with van der Waals surface area (Å²) in [5, 5.41) is 8.49. The first-order valence-corrected chi connectivity index (χ1v) is 5.67. The fraction of sp³-hybridized carbons (Fsp3) is 0.857. The summed E-state index contributed by atoms with van der Waals surface area (Å²) in [6, 6.07) is 0. The van der Waals surface area contributed by atoms with Crippen LogP contribution in [0.5, 0.6) is 0 Å². The van der Waals surface area contributed by atoms with Crippen molar-refractivity contribution in [1.82, 2.24) is 9.21 Å². The molecule has 6 nitrogen and oxygen atoms in total. The molecule has 0 aliphatic carbocycles. The van der Waals surface area contributed by atoms with Gasteiger partial charge in [-0.25, -0.2) is 8.42 Å². The molecule has 0 aliphatic rings. The van der Waals surface area contributed by atoms with Crippen molar-refractivity contribution in [2.45, 2.75) is 0 Å². The van der Waals surface area contributed by atoms with Gasteiger partial charge in [0.05, 0.1) is 18.9 Å². The Balaban J connectivity index is 4.35. The molecule has 0 spiro atoms. The van der Waals surface area contributed by atoms with E-state index in [0.29, 0.717) is 0 Å². The minimum Gasteiger partial charge on any atom is -0.395 e. The lowest BCUT2D eigenvalue weighted by molar-refractivity contribution is -0.128. The van der Waals surface area contributed by atoms with Crippen LogP contribution >= 0.6 is 0 Å². The van der Waals surface area contributed by atoms with Gasteiger partial charge < -0.3 is 10.0 Å². The van der Waals surface area contributed by atoms with Gasteiger partial charge >= 0.3 is 0 Å². The zero-order valence-electron chi connectivity index (χ0n) is 8.60. The SMILES string of the molecule is CN(C)C(=O)CN(C)S(=O)(=O)CCO. The van der Waals surface area contributed by atoms with Crippen LogP contribution < -0.4 is 0 Å². The maximum absolute atomic E-state index is 11.3. The Bertz CT molecular complexity index is 286. The van der Waals surface area contributed by atoms with Crippen molar-refractivity contribution in [3.8, 4) is 0 Å². The van der Waals surface area contributed by atoms with E-state index in [0.717, 1.165) is 4.31 Å². The zero-order chi connectivity index (χ0) is 11.4. The second-order valence-corrected chi connectivity index (χ2v) is 5.28. The lowest BCUT2D eigenvalue weighted by atomic mass is 10.5. The van der Waals surface area contributed by atoms with Gasteiger partial charge in [-0.3, -0.25) is 4.79 Å². The fourth-order valence-corrected chi connectivity index (χ4v) is 1.55. The number of sulfonamides is 1. The highest BCUT2D eigenvalue weighted by molar-refractivity contribution is 7.89. The maximum Gasteiger partial charge on any atom is 0.237 e. The number of hydrogen-bond donors (Lipinski definition) is 1. The molecule has 0 rings (SSSR count). The number of rotatable bonds is 5. The van der Waals surface area contributed by atoms with E-state index < -0.39 is 16.6 Å². The van der Waals surface area contributed by atoms with Gasteiger partial charge in [-0.05, 0) is 0 Å². The lowest BCUT2D eigenvalue weighted by Crippen LogP contribution is -2.39. The third-order valence-electron chi connectivity index (χ3n) is 1.68. The van der Waals surface area contributed by atoms with Gasteiger partial charge in [-0.15, -0.1) is 0 Å². The summed E-state index contributed by atoms with van der Waals surface area (Å²) in [6.07, 6.45) is 0. The Morgan fingerprint density at radius 3 is 2.14 bits per heavy atom. The average molecular weight is 224 g/mol. The average Bonchev–Trinajstić information content (AvgIpc) is 2.03. The summed E-state index contributed by atoms with van der Waals surface area (Å²) in [4.78, 5) is 12.5. The predicted octanol–water partition coefficient (Wildman–Crippen LogP) is -1.67. The molecule has 0 fully saturated rings. The fourth-order valence-electron chi connectivity index (χ4n) is 0.701. The summed E-state index contributed by atoms with van der Waals surface area (Å²) in [7, 11) is 0.910. The number of likely N-dealkylation sites (N-methyl/N-ethyl adjacent to an activating group) is 2. The number of carbonyl (C=O) groups is 1. The number of aliphatic hydroxyl groups excluding tert-OH is 1. The van der Waals surface area contributed by atoms with Crippen LogP contribution in [-0.4, -0.2) is 68.7 Å². The Labute approximate surface area is 84.2 Å². The summed E-state index contributed by atoms with van der Waals surface area (Å²) in [6.45, 7) is -0.641. The lowest BCUT2D eigenvalue weighted by Gasteiger charge is -2.18. The molecular formula is C7H16N2O4S. The van der Waals surface area contributed by atoms with E-state index in [-0.39, 0.29) is 18.2 Å². The smallest absolute Gasteiger partial charge is 0.237 e. The highest BCUT2D eigenvalue weighted by atomic mass is 32.2. The van der Waals surface area contributed by atoms with E-state index in [1.165, 1.54) is 11.9 Å². The van der Waals surface area contributed by atoms with E-state index in [9.17, 15) is 13.2 Å². The van der Waals surface area contributed by atoms with Crippen LogP contribution in [-0.2, 0) is 14.8 Å². The monoisotopic (exact) mass is 224 g/mol. The highest BCUT2D eigenvalue weighted by Crippen LogP contribution is 1.97. The van der Waals surface area contributed by atoms with Crippen molar-refractivity contribution in [3.63, 3.8) is 0 Å². The quantitative estimate of drug-likeness (QED) is 0.605. The van der Waals surface area contributed by atoms with Crippen molar-refractivity contribution in [2.75, 3.05) is 40.0 Å². The number of carbonyl (C=O) groups excluding carboxylic acids is 1. The molecule has 0 unspecified atom stereocenters. The Morgan fingerprint density at radius 2 is 1.79 bits per heavy atom. The summed E-state index contributed by atoms with van der Waals surface area (Å²) < 4.78 is 23.5. The van der Waals surface area contributed by atoms with Gasteiger partial charge in [0.25, 0.3) is 0 Å². The number of aliphatic hydroxyl groups is 1. The molecule has 0 aliphatic heterocycles. The van der Waals surface area contributed by atoms with Gasteiger partial charge in [-0.1, -0.05) is 0 Å². The number of amides is 1. The molecule has 0 bridgehead atoms. The third kappa shape index (κ3) is 4.03. The van der Waals surface area contributed by atoms with Crippen LogP contribution in [0, 0.1) is 0 Å². The van der Waals surface area contributed by atoms with Crippen LogP contribution in [0.1, 0.15) is 0 Å². The maximum atomic E-state index is 11.3. The number of nitrogens with zero attached hydrogens (tertiary/aromatic N) is 2. The summed E-state index contributed by atoms with van der Waals surface area (Å²) in [5.74, 6) is -0.654. The van der Waals surface area contributed by atoms with E-state index >= 15 is 0 Å². The highest BCUT2D eigenvalue weighted by Gasteiger charge is 2.20. The molecule has 0 aromatic heterocycles. The molecule has 14 heavy (non-hydrogen) atoms. The first-order valence-electron chi connectivity index (χ1n) is 4.06. The Morgan fingerprint density at radius 1 is 1.29 bits per heavy atom. The van der Waals surface area contributed by atoms with E-state index in [1.807, 2.05) is 0 Å². The molecule has 1 amide bonds. The molecule has 0 heterocycles. The molecule has 7 heteroatoms. The van der Waals surface area contributed by atoms with E-state index in [2.05, 4.69) is 0 Å². The van der Waals surface area contributed by atoms with E-state index in [1.54, 1.807) is 14.1 Å². The van der Waals surface area contributed by atoms with Crippen molar-refractivity contribution < 1.29 is 18.3 Å². The molecular weight excluding hydrogens is 208 g/mol. The largest absolute Gasteiger partial charge is 0.395 e. The molecule has 0 aromatic rings. The van der Waals surface area contributed by atoms with Crippen LogP contribution in [0.2, 0.25) is 0 Å². The molecule has 0 atom stereocenters. The zero-order valence-corrected chi connectivity index (χ0v) is 9.41. The normalized spacial score (nSPS) is 11.8. The first-order chi connectivity index (χ1) is 6.31. The molecule has 0 aromatic carbocycles. The summed E-state index contributed by atoms with van der Waals surface area (Å²) in [5.41, 5.74) is 0. The van der Waals surface area contributed by atoms with Crippen LogP contribution in [0.3, 0.4) is 0 Å². The molecule has 1 N–H and O–H groups in total. The standard InChI is InChI=1S/C7H16N2O4S/c1-8(2)7(11)6-9(3)14(12,13)5-4-10/h10H,4-6H2,1-3H3. The molecule has 84 valence electrons. The van der Waals surface area contributed by atoms with Gasteiger partial charge in [0, 0.05) is 21.1 Å². The minimum atomic E-state index is -3.50. The van der Waals surface area contributed by atoms with Gasteiger partial charge in [-0.2, -0.15) is 4.31 Å². The third-order valence-corrected chi connectivity index (χ3v) is 3.46. The van der Waals surface area contributed by atoms with Crippen molar-refractivity contribution in [1.29, 1.82) is 0 Å². The van der Waals surface area contributed by atoms with Crippen LogP contribution in [0.15, 0.2) is 0 Å². The second-order valence-electron chi connectivity index (χ2n) is 3.08. The predicted molar refractivity (Wildman–Crippen MR) is 52.2 cm³/mol. The van der Waals surface area contributed by atoms with Crippen molar-refractivity contribution >= 4 is 15.9 Å².